The van der Waals surface area contributed by atoms with E-state index in [4.69, 9.17) is 11.6 Å². The molecule has 2 rings (SSSR count). The predicted molar refractivity (Wildman–Crippen MR) is 87.9 cm³/mol. The second-order valence-electron chi connectivity index (χ2n) is 5.89. The number of hydrogen-bond acceptors (Lipinski definition) is 2. The van der Waals surface area contributed by atoms with E-state index in [1.54, 1.807) is 18.2 Å². The SMILES string of the molecule is O=S(=O)(Cc1ccccc1Cl)NCCC1CCCCCC1. The Balaban J connectivity index is 1.80. The van der Waals surface area contributed by atoms with Crippen LogP contribution in [0.3, 0.4) is 0 Å². The molecule has 3 nitrogen and oxygen atoms in total. The van der Waals surface area contributed by atoms with Crippen molar-refractivity contribution in [2.75, 3.05) is 6.54 Å². The number of sulfonamides is 1. The molecular weight excluding hydrogens is 306 g/mol. The lowest BCUT2D eigenvalue weighted by Gasteiger charge is -2.14. The minimum atomic E-state index is -3.30. The fraction of sp³-hybridized carbons (Fsp3) is 0.625. The third-order valence-corrected chi connectivity index (χ3v) is 5.86. The van der Waals surface area contributed by atoms with Crippen LogP contribution in [0.15, 0.2) is 24.3 Å². The van der Waals surface area contributed by atoms with Crippen molar-refractivity contribution in [3.8, 4) is 0 Å². The highest BCUT2D eigenvalue weighted by Crippen LogP contribution is 2.25. The molecule has 0 aromatic heterocycles. The number of rotatable bonds is 6. The molecule has 1 N–H and O–H groups in total. The molecule has 0 aliphatic heterocycles. The first kappa shape index (κ1) is 16.8. The van der Waals surface area contributed by atoms with Gasteiger partial charge >= 0.3 is 0 Å². The van der Waals surface area contributed by atoms with Crippen LogP contribution in [0.1, 0.15) is 50.5 Å². The second-order valence-corrected chi connectivity index (χ2v) is 8.11. The summed E-state index contributed by atoms with van der Waals surface area (Å²) in [5.74, 6) is 0.632. The second kappa shape index (κ2) is 8.16. The molecule has 5 heteroatoms. The van der Waals surface area contributed by atoms with Crippen LogP contribution in [0.4, 0.5) is 0 Å². The molecule has 1 aromatic carbocycles. The summed E-state index contributed by atoms with van der Waals surface area (Å²) >= 11 is 6.01. The quantitative estimate of drug-likeness (QED) is 0.798. The van der Waals surface area contributed by atoms with E-state index in [1.165, 1.54) is 38.5 Å². The molecule has 1 aliphatic rings. The molecule has 0 saturated heterocycles. The molecule has 1 fully saturated rings. The molecular formula is C16H24ClNO2S. The standard InChI is InChI=1S/C16H24ClNO2S/c17-16-10-6-5-9-15(16)13-21(19,20)18-12-11-14-7-3-1-2-4-8-14/h5-6,9-10,14,18H,1-4,7-8,11-13H2. The maximum absolute atomic E-state index is 12.1. The van der Waals surface area contributed by atoms with Gasteiger partial charge in [-0.1, -0.05) is 68.3 Å². The Bertz CT molecular complexity index is 537. The van der Waals surface area contributed by atoms with Crippen LogP contribution < -0.4 is 4.72 Å². The van der Waals surface area contributed by atoms with E-state index in [2.05, 4.69) is 4.72 Å². The highest BCUT2D eigenvalue weighted by atomic mass is 35.5. The monoisotopic (exact) mass is 329 g/mol. The molecule has 1 saturated carbocycles. The minimum absolute atomic E-state index is 0.0443. The smallest absolute Gasteiger partial charge is 0.215 e. The van der Waals surface area contributed by atoms with Crippen LogP contribution in [0.2, 0.25) is 5.02 Å². The predicted octanol–water partition coefficient (Wildman–Crippen LogP) is 4.12. The van der Waals surface area contributed by atoms with Crippen LogP contribution in [-0.4, -0.2) is 15.0 Å². The Hall–Kier alpha value is -0.580. The molecule has 118 valence electrons. The Labute approximate surface area is 133 Å². The summed E-state index contributed by atoms with van der Waals surface area (Å²) in [5, 5.41) is 0.506. The summed E-state index contributed by atoms with van der Waals surface area (Å²) in [5.41, 5.74) is 0.654. The lowest BCUT2D eigenvalue weighted by Crippen LogP contribution is -2.27. The van der Waals surface area contributed by atoms with Gasteiger partial charge in [0.2, 0.25) is 10.0 Å². The molecule has 0 heterocycles. The number of hydrogen-bond donors (Lipinski definition) is 1. The zero-order valence-electron chi connectivity index (χ0n) is 12.4. The van der Waals surface area contributed by atoms with Crippen molar-refractivity contribution in [1.82, 2.24) is 4.72 Å². The number of halogens is 1. The zero-order chi connectivity index (χ0) is 15.1. The molecule has 0 unspecified atom stereocenters. The van der Waals surface area contributed by atoms with E-state index in [0.29, 0.717) is 23.0 Å². The van der Waals surface area contributed by atoms with E-state index in [-0.39, 0.29) is 5.75 Å². The Kier molecular flexibility index (Phi) is 6.52. The molecule has 0 amide bonds. The fourth-order valence-corrected chi connectivity index (χ4v) is 4.42. The van der Waals surface area contributed by atoms with E-state index in [1.807, 2.05) is 6.07 Å². The summed E-state index contributed by atoms with van der Waals surface area (Å²) in [6.45, 7) is 0.539. The molecule has 0 bridgehead atoms. The largest absolute Gasteiger partial charge is 0.215 e. The number of benzene rings is 1. The summed E-state index contributed by atoms with van der Waals surface area (Å²) in [6, 6.07) is 7.09. The number of nitrogens with one attached hydrogen (secondary N) is 1. The van der Waals surface area contributed by atoms with E-state index in [0.717, 1.165) is 6.42 Å². The van der Waals surface area contributed by atoms with E-state index < -0.39 is 10.0 Å². The van der Waals surface area contributed by atoms with Gasteiger partial charge in [-0.2, -0.15) is 0 Å². The third-order valence-electron chi connectivity index (χ3n) is 4.15. The molecule has 0 spiro atoms. The van der Waals surface area contributed by atoms with Crippen molar-refractivity contribution >= 4 is 21.6 Å². The maximum Gasteiger partial charge on any atom is 0.215 e. The lowest BCUT2D eigenvalue weighted by molar-refractivity contribution is 0.427. The minimum Gasteiger partial charge on any atom is -0.215 e. The van der Waals surface area contributed by atoms with Crippen molar-refractivity contribution in [2.45, 2.75) is 50.7 Å². The normalized spacial score (nSPS) is 17.6. The Morgan fingerprint density at radius 1 is 1.10 bits per heavy atom. The van der Waals surface area contributed by atoms with Crippen molar-refractivity contribution in [2.24, 2.45) is 5.92 Å². The Morgan fingerprint density at radius 3 is 2.43 bits per heavy atom. The fourth-order valence-electron chi connectivity index (χ4n) is 2.94. The van der Waals surface area contributed by atoms with Gasteiger partial charge < -0.3 is 0 Å². The van der Waals surface area contributed by atoms with E-state index in [9.17, 15) is 8.42 Å². The average molecular weight is 330 g/mol. The molecule has 21 heavy (non-hydrogen) atoms. The molecule has 0 atom stereocenters. The van der Waals surface area contributed by atoms with Gasteiger partial charge in [-0.3, -0.25) is 0 Å². The first-order valence-electron chi connectivity index (χ1n) is 7.77. The highest BCUT2D eigenvalue weighted by molar-refractivity contribution is 7.88. The van der Waals surface area contributed by atoms with Crippen LogP contribution in [-0.2, 0) is 15.8 Å². The summed E-state index contributed by atoms with van der Waals surface area (Å²) < 4.78 is 26.9. The van der Waals surface area contributed by atoms with Gasteiger partial charge in [0.1, 0.15) is 0 Å². The van der Waals surface area contributed by atoms with Gasteiger partial charge in [0.05, 0.1) is 5.75 Å². The maximum atomic E-state index is 12.1. The van der Waals surface area contributed by atoms with Gasteiger partial charge in [0.15, 0.2) is 0 Å². The van der Waals surface area contributed by atoms with Crippen LogP contribution in [0, 0.1) is 5.92 Å². The van der Waals surface area contributed by atoms with Gasteiger partial charge in [-0.05, 0) is 24.0 Å². The van der Waals surface area contributed by atoms with Crippen molar-refractivity contribution < 1.29 is 8.42 Å². The summed E-state index contributed by atoms with van der Waals surface area (Å²) in [6.07, 6.45) is 8.66. The first-order valence-corrected chi connectivity index (χ1v) is 9.80. The summed E-state index contributed by atoms with van der Waals surface area (Å²) in [4.78, 5) is 0. The van der Waals surface area contributed by atoms with Crippen molar-refractivity contribution in [1.29, 1.82) is 0 Å². The van der Waals surface area contributed by atoms with Gasteiger partial charge in [0, 0.05) is 11.6 Å². The van der Waals surface area contributed by atoms with Gasteiger partial charge in [0.25, 0.3) is 0 Å². The molecule has 1 aromatic rings. The highest BCUT2D eigenvalue weighted by Gasteiger charge is 2.16. The third kappa shape index (κ3) is 5.97. The van der Waals surface area contributed by atoms with Gasteiger partial charge in [-0.25, -0.2) is 13.1 Å². The van der Waals surface area contributed by atoms with Crippen molar-refractivity contribution in [3.63, 3.8) is 0 Å². The van der Waals surface area contributed by atoms with Crippen LogP contribution >= 0.6 is 11.6 Å². The van der Waals surface area contributed by atoms with Crippen LogP contribution in [0.5, 0.6) is 0 Å². The van der Waals surface area contributed by atoms with Crippen LogP contribution in [0.25, 0.3) is 0 Å². The van der Waals surface area contributed by atoms with Gasteiger partial charge in [-0.15, -0.1) is 0 Å². The zero-order valence-corrected chi connectivity index (χ0v) is 13.9. The Morgan fingerprint density at radius 2 is 1.76 bits per heavy atom. The topological polar surface area (TPSA) is 46.2 Å². The first-order chi connectivity index (χ1) is 10.1. The van der Waals surface area contributed by atoms with E-state index >= 15 is 0 Å². The molecule has 0 radical (unpaired) electrons. The summed E-state index contributed by atoms with van der Waals surface area (Å²) in [7, 11) is -3.30. The average Bonchev–Trinajstić information content (AvgIpc) is 2.70. The lowest BCUT2D eigenvalue weighted by atomic mass is 9.97. The molecule has 1 aliphatic carbocycles. The van der Waals surface area contributed by atoms with Crippen molar-refractivity contribution in [3.05, 3.63) is 34.9 Å².